The first-order valence-electron chi connectivity index (χ1n) is 8.43. The third-order valence-electron chi connectivity index (χ3n) is 4.00. The van der Waals surface area contributed by atoms with Crippen LogP contribution in [-0.4, -0.2) is 35.1 Å². The number of rotatable bonds is 9. The van der Waals surface area contributed by atoms with Crippen molar-refractivity contribution in [2.24, 2.45) is 0 Å². The summed E-state index contributed by atoms with van der Waals surface area (Å²) in [7, 11) is -0.601. The molecule has 2 rings (SSSR count). The van der Waals surface area contributed by atoms with Gasteiger partial charge in [0.2, 0.25) is 15.9 Å². The van der Waals surface area contributed by atoms with Crippen molar-refractivity contribution in [3.05, 3.63) is 54.1 Å². The summed E-state index contributed by atoms with van der Waals surface area (Å²) in [6.45, 7) is 1.84. The van der Waals surface area contributed by atoms with Gasteiger partial charge in [-0.1, -0.05) is 18.2 Å². The van der Waals surface area contributed by atoms with Gasteiger partial charge in [0, 0.05) is 18.5 Å². The van der Waals surface area contributed by atoms with Gasteiger partial charge in [-0.2, -0.15) is 0 Å². The molecule has 0 bridgehead atoms. The molecule has 2 aromatic carbocycles. The number of hydrogen-bond donors (Lipinski definition) is 2. The Morgan fingerprint density at radius 1 is 1.04 bits per heavy atom. The minimum atomic E-state index is -3.68. The summed E-state index contributed by atoms with van der Waals surface area (Å²) in [5.41, 5.74) is 0.854. The molecule has 2 N–H and O–H groups in total. The third kappa shape index (κ3) is 5.70. The Balaban J connectivity index is 1.87. The van der Waals surface area contributed by atoms with E-state index in [0.29, 0.717) is 11.5 Å². The summed E-state index contributed by atoms with van der Waals surface area (Å²) in [6, 6.07) is 13.2. The van der Waals surface area contributed by atoms with Crippen molar-refractivity contribution in [1.82, 2.24) is 10.0 Å². The van der Waals surface area contributed by atoms with E-state index in [9.17, 15) is 13.2 Å². The molecule has 2 aromatic rings. The van der Waals surface area contributed by atoms with Gasteiger partial charge in [-0.3, -0.25) is 4.79 Å². The fourth-order valence-corrected chi connectivity index (χ4v) is 3.58. The molecule has 27 heavy (non-hydrogen) atoms. The highest BCUT2D eigenvalue weighted by molar-refractivity contribution is 7.89. The van der Waals surface area contributed by atoms with Crippen LogP contribution in [0.4, 0.5) is 0 Å². The predicted octanol–water partition coefficient (Wildman–Crippen LogP) is 2.25. The molecule has 0 aliphatic rings. The Bertz CT molecular complexity index is 866. The number of carbonyl (C=O) groups excluding carboxylic acids is 1. The Morgan fingerprint density at radius 3 is 2.33 bits per heavy atom. The van der Waals surface area contributed by atoms with Crippen molar-refractivity contribution in [2.45, 2.75) is 24.3 Å². The first-order valence-corrected chi connectivity index (χ1v) is 9.91. The Morgan fingerprint density at radius 2 is 1.70 bits per heavy atom. The Kier molecular flexibility index (Phi) is 7.20. The number of benzene rings is 2. The molecule has 0 saturated carbocycles. The fourth-order valence-electron chi connectivity index (χ4n) is 2.55. The molecule has 1 amide bonds. The molecule has 0 aliphatic heterocycles. The smallest absolute Gasteiger partial charge is 0.240 e. The normalized spacial score (nSPS) is 12.3. The van der Waals surface area contributed by atoms with Crippen molar-refractivity contribution < 1.29 is 22.7 Å². The Hall–Kier alpha value is -2.58. The average molecular weight is 392 g/mol. The number of methoxy groups -OCH3 is 2. The van der Waals surface area contributed by atoms with E-state index in [4.69, 9.17) is 9.47 Å². The van der Waals surface area contributed by atoms with E-state index in [1.54, 1.807) is 19.2 Å². The predicted molar refractivity (Wildman–Crippen MR) is 102 cm³/mol. The SMILES string of the molecule is COc1ccc(S(=O)(=O)NCCC(=O)N[C@@H](C)c2ccccc2OC)cc1. The van der Waals surface area contributed by atoms with Crippen LogP contribution < -0.4 is 19.5 Å². The molecule has 0 radical (unpaired) electrons. The molecule has 0 fully saturated rings. The summed E-state index contributed by atoms with van der Waals surface area (Å²) in [6.07, 6.45) is 0.0227. The van der Waals surface area contributed by atoms with Crippen LogP contribution in [0.2, 0.25) is 0 Å². The topological polar surface area (TPSA) is 93.7 Å². The van der Waals surface area contributed by atoms with Gasteiger partial charge in [-0.15, -0.1) is 0 Å². The molecular weight excluding hydrogens is 368 g/mol. The summed E-state index contributed by atoms with van der Waals surface area (Å²) >= 11 is 0. The molecule has 1 atom stereocenters. The number of sulfonamides is 1. The summed E-state index contributed by atoms with van der Waals surface area (Å²) < 4.78 is 37.2. The van der Waals surface area contributed by atoms with Crippen LogP contribution in [0.5, 0.6) is 11.5 Å². The molecule has 146 valence electrons. The van der Waals surface area contributed by atoms with Crippen molar-refractivity contribution >= 4 is 15.9 Å². The van der Waals surface area contributed by atoms with Crippen LogP contribution in [0.15, 0.2) is 53.4 Å². The highest BCUT2D eigenvalue weighted by Crippen LogP contribution is 2.24. The molecule has 0 spiro atoms. The second kappa shape index (κ2) is 9.38. The highest BCUT2D eigenvalue weighted by Gasteiger charge is 2.16. The van der Waals surface area contributed by atoms with Gasteiger partial charge in [-0.25, -0.2) is 13.1 Å². The molecule has 0 unspecified atom stereocenters. The first-order chi connectivity index (χ1) is 12.9. The first kappa shape index (κ1) is 20.7. The van der Waals surface area contributed by atoms with Crippen molar-refractivity contribution in [3.8, 4) is 11.5 Å². The molecule has 0 aliphatic carbocycles. The van der Waals surface area contributed by atoms with E-state index in [0.717, 1.165) is 5.56 Å². The van der Waals surface area contributed by atoms with E-state index >= 15 is 0 Å². The van der Waals surface area contributed by atoms with Gasteiger partial charge < -0.3 is 14.8 Å². The largest absolute Gasteiger partial charge is 0.497 e. The second-order valence-electron chi connectivity index (χ2n) is 5.85. The maximum Gasteiger partial charge on any atom is 0.240 e. The van der Waals surface area contributed by atoms with Gasteiger partial charge in [0.25, 0.3) is 0 Å². The highest BCUT2D eigenvalue weighted by atomic mass is 32.2. The standard InChI is InChI=1S/C19H24N2O5S/c1-14(17-6-4-5-7-18(17)26-3)21-19(22)12-13-20-27(23,24)16-10-8-15(25-2)9-11-16/h4-11,14,20H,12-13H2,1-3H3,(H,21,22)/t14-/m0/s1. The molecular formula is C19H24N2O5S. The van der Waals surface area contributed by atoms with Crippen LogP contribution in [-0.2, 0) is 14.8 Å². The minimum Gasteiger partial charge on any atom is -0.497 e. The van der Waals surface area contributed by atoms with Gasteiger partial charge >= 0.3 is 0 Å². The van der Waals surface area contributed by atoms with Crippen LogP contribution in [0.3, 0.4) is 0 Å². The summed E-state index contributed by atoms with van der Waals surface area (Å²) in [4.78, 5) is 12.2. The van der Waals surface area contributed by atoms with Crippen LogP contribution >= 0.6 is 0 Å². The second-order valence-corrected chi connectivity index (χ2v) is 7.62. The van der Waals surface area contributed by atoms with Crippen LogP contribution in [0.1, 0.15) is 24.9 Å². The average Bonchev–Trinajstić information content (AvgIpc) is 2.67. The lowest BCUT2D eigenvalue weighted by atomic mass is 10.1. The number of hydrogen-bond acceptors (Lipinski definition) is 5. The van der Waals surface area contributed by atoms with Crippen molar-refractivity contribution in [1.29, 1.82) is 0 Å². The molecule has 0 saturated heterocycles. The van der Waals surface area contributed by atoms with Gasteiger partial charge in [-0.05, 0) is 37.3 Å². The molecule has 0 heterocycles. The lowest BCUT2D eigenvalue weighted by Crippen LogP contribution is -2.32. The lowest BCUT2D eigenvalue weighted by Gasteiger charge is -2.17. The van der Waals surface area contributed by atoms with E-state index in [1.165, 1.54) is 19.2 Å². The lowest BCUT2D eigenvalue weighted by molar-refractivity contribution is -0.121. The number of nitrogens with one attached hydrogen (secondary N) is 2. The minimum absolute atomic E-state index is 0.00115. The molecule has 8 heteroatoms. The third-order valence-corrected chi connectivity index (χ3v) is 5.47. The monoisotopic (exact) mass is 392 g/mol. The fraction of sp³-hybridized carbons (Fsp3) is 0.316. The maximum absolute atomic E-state index is 12.2. The maximum atomic E-state index is 12.2. The molecule has 7 nitrogen and oxygen atoms in total. The van der Waals surface area contributed by atoms with Gasteiger partial charge in [0.15, 0.2) is 0 Å². The van der Waals surface area contributed by atoms with Gasteiger partial charge in [0.1, 0.15) is 11.5 Å². The zero-order chi connectivity index (χ0) is 19.9. The van der Waals surface area contributed by atoms with E-state index < -0.39 is 10.0 Å². The van der Waals surface area contributed by atoms with Crippen molar-refractivity contribution in [2.75, 3.05) is 20.8 Å². The number of para-hydroxylation sites is 1. The summed E-state index contributed by atoms with van der Waals surface area (Å²) in [5, 5.41) is 2.84. The molecule has 0 aromatic heterocycles. The van der Waals surface area contributed by atoms with Gasteiger partial charge in [0.05, 0.1) is 25.2 Å². The summed E-state index contributed by atoms with van der Waals surface area (Å²) in [5.74, 6) is 0.995. The van der Waals surface area contributed by atoms with E-state index in [-0.39, 0.29) is 29.8 Å². The zero-order valence-corrected chi connectivity index (χ0v) is 16.4. The quantitative estimate of drug-likeness (QED) is 0.683. The number of ether oxygens (including phenoxy) is 2. The van der Waals surface area contributed by atoms with Crippen LogP contribution in [0, 0.1) is 0 Å². The number of amides is 1. The van der Waals surface area contributed by atoms with Crippen molar-refractivity contribution in [3.63, 3.8) is 0 Å². The Labute approximate surface area is 159 Å². The van der Waals surface area contributed by atoms with Crippen LogP contribution in [0.25, 0.3) is 0 Å². The number of carbonyl (C=O) groups is 1. The zero-order valence-electron chi connectivity index (χ0n) is 15.6. The van der Waals surface area contributed by atoms with E-state index in [1.807, 2.05) is 31.2 Å². The van der Waals surface area contributed by atoms with E-state index in [2.05, 4.69) is 10.0 Å².